The van der Waals surface area contributed by atoms with E-state index in [0.717, 1.165) is 22.0 Å². The van der Waals surface area contributed by atoms with Crippen LogP contribution in [-0.2, 0) is 0 Å². The van der Waals surface area contributed by atoms with Crippen molar-refractivity contribution in [3.05, 3.63) is 77.9 Å². The largest absolute Gasteiger partial charge is 0.493 e. The maximum Gasteiger partial charge on any atom is 0.252 e. The van der Waals surface area contributed by atoms with Gasteiger partial charge in [-0.3, -0.25) is 4.79 Å². The molecule has 5 rings (SSSR count). The van der Waals surface area contributed by atoms with Crippen LogP contribution in [0.2, 0.25) is 0 Å². The van der Waals surface area contributed by atoms with Crippen LogP contribution in [0.15, 0.2) is 66.7 Å². The summed E-state index contributed by atoms with van der Waals surface area (Å²) in [6, 6.07) is 20.4. The number of rotatable bonds is 6. The quantitative estimate of drug-likeness (QED) is 0.433. The van der Waals surface area contributed by atoms with Gasteiger partial charge in [0.1, 0.15) is 0 Å². The van der Waals surface area contributed by atoms with Crippen LogP contribution < -0.4 is 24.3 Å². The third-order valence-electron chi connectivity index (χ3n) is 5.88. The summed E-state index contributed by atoms with van der Waals surface area (Å²) in [5.74, 6) is 2.42. The standard InChI is InChI=1S/C27H24N2O5/c1-16(17-8-10-23(31-2)25(12-17)32-3)28-27(30)20-14-22(29-21-7-5-4-6-19(20)21)18-9-11-24-26(13-18)34-15-33-24/h4-14,16H,15H2,1-3H3,(H,28,30)/t16-/m0/s1. The average molecular weight is 456 g/mol. The predicted molar refractivity (Wildman–Crippen MR) is 129 cm³/mol. The third-order valence-corrected chi connectivity index (χ3v) is 5.88. The van der Waals surface area contributed by atoms with Crippen molar-refractivity contribution in [2.75, 3.05) is 21.0 Å². The van der Waals surface area contributed by atoms with Crippen molar-refractivity contribution in [1.82, 2.24) is 10.3 Å². The second-order valence-electron chi connectivity index (χ2n) is 7.95. The Balaban J connectivity index is 1.49. The van der Waals surface area contributed by atoms with Crippen LogP contribution in [0.3, 0.4) is 0 Å². The molecule has 0 unspecified atom stereocenters. The van der Waals surface area contributed by atoms with E-state index in [0.29, 0.717) is 34.3 Å². The SMILES string of the molecule is COc1ccc([C@H](C)NC(=O)c2cc(-c3ccc4c(c3)OCO4)nc3ccccc23)cc1OC. The molecule has 7 nitrogen and oxygen atoms in total. The molecule has 4 aromatic rings. The summed E-state index contributed by atoms with van der Waals surface area (Å²) in [5, 5.41) is 3.89. The summed E-state index contributed by atoms with van der Waals surface area (Å²) in [5.41, 5.74) is 3.71. The molecule has 1 atom stereocenters. The van der Waals surface area contributed by atoms with Crippen LogP contribution in [-0.4, -0.2) is 31.9 Å². The fourth-order valence-corrected chi connectivity index (χ4v) is 4.05. The van der Waals surface area contributed by atoms with Crippen LogP contribution in [0.5, 0.6) is 23.0 Å². The molecule has 1 N–H and O–H groups in total. The molecule has 0 saturated carbocycles. The van der Waals surface area contributed by atoms with Crippen LogP contribution in [0, 0.1) is 0 Å². The summed E-state index contributed by atoms with van der Waals surface area (Å²) >= 11 is 0. The first-order valence-corrected chi connectivity index (χ1v) is 10.9. The zero-order valence-corrected chi connectivity index (χ0v) is 19.1. The molecule has 7 heteroatoms. The van der Waals surface area contributed by atoms with Crippen molar-refractivity contribution in [2.24, 2.45) is 0 Å². The zero-order chi connectivity index (χ0) is 23.7. The minimum absolute atomic E-state index is 0.192. The molecule has 1 aliphatic heterocycles. The molecule has 0 radical (unpaired) electrons. The number of hydrogen-bond donors (Lipinski definition) is 1. The number of benzene rings is 3. The minimum atomic E-state index is -0.256. The fourth-order valence-electron chi connectivity index (χ4n) is 4.05. The predicted octanol–water partition coefficient (Wildman–Crippen LogP) is 5.14. The lowest BCUT2D eigenvalue weighted by Gasteiger charge is -2.18. The number of nitrogens with one attached hydrogen (secondary N) is 1. The highest BCUT2D eigenvalue weighted by Gasteiger charge is 2.19. The summed E-state index contributed by atoms with van der Waals surface area (Å²) < 4.78 is 21.7. The maximum atomic E-state index is 13.5. The van der Waals surface area contributed by atoms with Gasteiger partial charge in [-0.25, -0.2) is 4.98 Å². The number of ether oxygens (including phenoxy) is 4. The molecule has 0 saturated heterocycles. The Kier molecular flexibility index (Phi) is 5.67. The molecule has 0 aliphatic carbocycles. The molecule has 2 heterocycles. The second kappa shape index (κ2) is 8.94. The number of methoxy groups -OCH3 is 2. The van der Waals surface area contributed by atoms with Gasteiger partial charge in [-0.1, -0.05) is 24.3 Å². The van der Waals surface area contributed by atoms with Gasteiger partial charge in [0.15, 0.2) is 23.0 Å². The number of hydrogen-bond acceptors (Lipinski definition) is 6. The van der Waals surface area contributed by atoms with E-state index in [9.17, 15) is 4.79 Å². The zero-order valence-electron chi connectivity index (χ0n) is 19.1. The van der Waals surface area contributed by atoms with Gasteiger partial charge < -0.3 is 24.3 Å². The van der Waals surface area contributed by atoms with Crippen molar-refractivity contribution >= 4 is 16.8 Å². The topological polar surface area (TPSA) is 78.9 Å². The van der Waals surface area contributed by atoms with Gasteiger partial charge in [-0.15, -0.1) is 0 Å². The highest BCUT2D eigenvalue weighted by Crippen LogP contribution is 2.36. The second-order valence-corrected chi connectivity index (χ2v) is 7.95. The highest BCUT2D eigenvalue weighted by molar-refractivity contribution is 6.07. The van der Waals surface area contributed by atoms with Gasteiger partial charge >= 0.3 is 0 Å². The number of aromatic nitrogens is 1. The summed E-state index contributed by atoms with van der Waals surface area (Å²) in [6.45, 7) is 2.13. The van der Waals surface area contributed by atoms with Gasteiger partial charge in [-0.05, 0) is 55.0 Å². The smallest absolute Gasteiger partial charge is 0.252 e. The van der Waals surface area contributed by atoms with Crippen LogP contribution in [0.4, 0.5) is 0 Å². The number of pyridine rings is 1. The van der Waals surface area contributed by atoms with Gasteiger partial charge in [0.2, 0.25) is 6.79 Å². The van der Waals surface area contributed by atoms with Crippen molar-refractivity contribution in [3.8, 4) is 34.3 Å². The Morgan fingerprint density at radius 2 is 1.74 bits per heavy atom. The van der Waals surface area contributed by atoms with Gasteiger partial charge in [-0.2, -0.15) is 0 Å². The van der Waals surface area contributed by atoms with Crippen molar-refractivity contribution in [2.45, 2.75) is 13.0 Å². The van der Waals surface area contributed by atoms with Crippen molar-refractivity contribution in [3.63, 3.8) is 0 Å². The number of para-hydroxylation sites is 1. The Bertz CT molecular complexity index is 1390. The number of amides is 1. The van der Waals surface area contributed by atoms with E-state index in [4.69, 9.17) is 23.9 Å². The lowest BCUT2D eigenvalue weighted by molar-refractivity contribution is 0.0941. The fraction of sp³-hybridized carbons (Fsp3) is 0.185. The van der Waals surface area contributed by atoms with E-state index >= 15 is 0 Å². The van der Waals surface area contributed by atoms with Crippen molar-refractivity contribution in [1.29, 1.82) is 0 Å². The Hall–Kier alpha value is -4.26. The monoisotopic (exact) mass is 456 g/mol. The Morgan fingerprint density at radius 3 is 2.56 bits per heavy atom. The molecule has 34 heavy (non-hydrogen) atoms. The molecule has 1 amide bonds. The Labute approximate surface area is 197 Å². The summed E-state index contributed by atoms with van der Waals surface area (Å²) in [7, 11) is 3.18. The van der Waals surface area contributed by atoms with Crippen molar-refractivity contribution < 1.29 is 23.7 Å². The van der Waals surface area contributed by atoms with Crippen LogP contribution >= 0.6 is 0 Å². The van der Waals surface area contributed by atoms with E-state index in [-0.39, 0.29) is 18.7 Å². The van der Waals surface area contributed by atoms with E-state index in [1.54, 1.807) is 14.2 Å². The first-order valence-electron chi connectivity index (χ1n) is 10.9. The van der Waals surface area contributed by atoms with Crippen LogP contribution in [0.1, 0.15) is 28.9 Å². The molecule has 0 spiro atoms. The van der Waals surface area contributed by atoms with E-state index in [1.807, 2.05) is 73.7 Å². The molecule has 1 aliphatic rings. The van der Waals surface area contributed by atoms with Gasteiger partial charge in [0.25, 0.3) is 5.91 Å². The molecule has 172 valence electrons. The minimum Gasteiger partial charge on any atom is -0.493 e. The lowest BCUT2D eigenvalue weighted by atomic mass is 10.0. The molecule has 0 fully saturated rings. The number of fused-ring (bicyclic) bond motifs is 2. The maximum absolute atomic E-state index is 13.5. The first-order chi connectivity index (χ1) is 16.6. The van der Waals surface area contributed by atoms with E-state index in [1.165, 1.54) is 0 Å². The number of nitrogens with zero attached hydrogens (tertiary/aromatic N) is 1. The lowest BCUT2D eigenvalue weighted by Crippen LogP contribution is -2.27. The molecule has 3 aromatic carbocycles. The molecule has 0 bridgehead atoms. The normalized spacial score (nSPS) is 12.9. The average Bonchev–Trinajstić information content (AvgIpc) is 3.35. The third kappa shape index (κ3) is 3.96. The first kappa shape index (κ1) is 21.6. The van der Waals surface area contributed by atoms with Gasteiger partial charge in [0, 0.05) is 10.9 Å². The number of carbonyl (C=O) groups is 1. The van der Waals surface area contributed by atoms with Crippen LogP contribution in [0.25, 0.3) is 22.2 Å². The molecular formula is C27H24N2O5. The summed E-state index contributed by atoms with van der Waals surface area (Å²) in [4.78, 5) is 18.2. The number of carbonyl (C=O) groups excluding carboxylic acids is 1. The molecule has 1 aromatic heterocycles. The molecular weight excluding hydrogens is 432 g/mol. The van der Waals surface area contributed by atoms with Gasteiger partial charge in [0.05, 0.1) is 37.0 Å². The Morgan fingerprint density at radius 1 is 0.941 bits per heavy atom. The summed E-state index contributed by atoms with van der Waals surface area (Å²) in [6.07, 6.45) is 0. The van der Waals surface area contributed by atoms with E-state index in [2.05, 4.69) is 5.32 Å². The highest BCUT2D eigenvalue weighted by atomic mass is 16.7. The van der Waals surface area contributed by atoms with E-state index < -0.39 is 0 Å².